The summed E-state index contributed by atoms with van der Waals surface area (Å²) in [6, 6.07) is 1.82. The van der Waals surface area contributed by atoms with Crippen molar-refractivity contribution in [2.75, 3.05) is 18.5 Å². The van der Waals surface area contributed by atoms with E-state index in [-0.39, 0.29) is 0 Å². The van der Waals surface area contributed by atoms with Crippen molar-refractivity contribution in [2.24, 2.45) is 0 Å². The van der Waals surface area contributed by atoms with Crippen molar-refractivity contribution in [3.63, 3.8) is 0 Å². The average molecular weight is 277 g/mol. The maximum atomic E-state index is 5.51. The lowest BCUT2D eigenvalue weighted by atomic mass is 10.4. The van der Waals surface area contributed by atoms with Crippen LogP contribution in [-0.4, -0.2) is 33.3 Å². The van der Waals surface area contributed by atoms with E-state index in [2.05, 4.69) is 32.3 Å². The van der Waals surface area contributed by atoms with Crippen LogP contribution in [-0.2, 0) is 6.42 Å². The highest BCUT2D eigenvalue weighted by Gasteiger charge is 2.05. The van der Waals surface area contributed by atoms with Crippen molar-refractivity contribution in [3.05, 3.63) is 23.5 Å². The van der Waals surface area contributed by atoms with Crippen LogP contribution < -0.4 is 10.1 Å². The van der Waals surface area contributed by atoms with Gasteiger partial charge in [0.2, 0.25) is 17.7 Å². The molecule has 7 heteroatoms. The van der Waals surface area contributed by atoms with Crippen molar-refractivity contribution in [1.29, 1.82) is 0 Å². The number of hydrogen-bond acceptors (Lipinski definition) is 7. The van der Waals surface area contributed by atoms with Gasteiger partial charge in [-0.1, -0.05) is 12.1 Å². The number of aryl methyl sites for hydroxylation is 2. The zero-order valence-electron chi connectivity index (χ0n) is 12.0. The van der Waals surface area contributed by atoms with Crippen LogP contribution >= 0.6 is 0 Å². The van der Waals surface area contributed by atoms with Crippen molar-refractivity contribution in [3.8, 4) is 5.88 Å². The van der Waals surface area contributed by atoms with E-state index in [0.717, 1.165) is 12.1 Å². The van der Waals surface area contributed by atoms with Crippen LogP contribution in [0, 0.1) is 13.8 Å². The van der Waals surface area contributed by atoms with Crippen LogP contribution in [0.1, 0.15) is 30.8 Å². The summed E-state index contributed by atoms with van der Waals surface area (Å²) >= 11 is 0. The summed E-state index contributed by atoms with van der Waals surface area (Å²) in [6.45, 7) is 7.02. The van der Waals surface area contributed by atoms with E-state index in [1.54, 1.807) is 6.92 Å². The summed E-state index contributed by atoms with van der Waals surface area (Å²) in [5.74, 6) is 2.39. The minimum atomic E-state index is 0.552. The Balaban J connectivity index is 1.89. The van der Waals surface area contributed by atoms with E-state index in [1.165, 1.54) is 0 Å². The molecule has 20 heavy (non-hydrogen) atoms. The molecule has 0 fully saturated rings. The molecule has 0 amide bonds. The topological polar surface area (TPSA) is 86.0 Å². The van der Waals surface area contributed by atoms with Gasteiger partial charge in [-0.3, -0.25) is 0 Å². The summed E-state index contributed by atoms with van der Waals surface area (Å²) in [5, 5.41) is 6.97. The molecule has 0 aliphatic carbocycles. The number of anilines is 1. The largest absolute Gasteiger partial charge is 0.478 e. The van der Waals surface area contributed by atoms with Gasteiger partial charge in [0.25, 0.3) is 0 Å². The Kier molecular flexibility index (Phi) is 4.86. The van der Waals surface area contributed by atoms with Gasteiger partial charge < -0.3 is 14.6 Å². The molecule has 2 rings (SSSR count). The fourth-order valence-corrected chi connectivity index (χ4v) is 1.63. The van der Waals surface area contributed by atoms with E-state index < -0.39 is 0 Å². The van der Waals surface area contributed by atoms with Crippen molar-refractivity contribution >= 4 is 5.95 Å². The van der Waals surface area contributed by atoms with E-state index in [9.17, 15) is 0 Å². The van der Waals surface area contributed by atoms with Gasteiger partial charge in [-0.25, -0.2) is 4.98 Å². The predicted octanol–water partition coefficient (Wildman–Crippen LogP) is 1.92. The molecule has 0 aliphatic heterocycles. The Bertz CT molecular complexity index is 555. The highest BCUT2D eigenvalue weighted by Crippen LogP contribution is 2.12. The minimum Gasteiger partial charge on any atom is -0.478 e. The van der Waals surface area contributed by atoms with Crippen molar-refractivity contribution in [1.82, 2.24) is 20.1 Å². The summed E-state index contributed by atoms with van der Waals surface area (Å²) in [5.41, 5.74) is 0.865. The van der Waals surface area contributed by atoms with Gasteiger partial charge in [0.15, 0.2) is 5.82 Å². The molecule has 1 N–H and O–H groups in total. The molecule has 0 unspecified atom stereocenters. The molecule has 0 bridgehead atoms. The Morgan fingerprint density at radius 1 is 1.25 bits per heavy atom. The van der Waals surface area contributed by atoms with Crippen LogP contribution in [0.2, 0.25) is 0 Å². The number of rotatable bonds is 7. The number of nitrogens with zero attached hydrogens (tertiary/aromatic N) is 4. The fourth-order valence-electron chi connectivity index (χ4n) is 1.63. The molecule has 0 radical (unpaired) electrons. The molecule has 0 atom stereocenters. The van der Waals surface area contributed by atoms with Crippen LogP contribution in [0.5, 0.6) is 5.88 Å². The molecule has 7 nitrogen and oxygen atoms in total. The highest BCUT2D eigenvalue weighted by atomic mass is 16.5. The molecular formula is C13H19N5O2. The Morgan fingerprint density at radius 2 is 2.10 bits per heavy atom. The number of aromatic nitrogens is 4. The lowest BCUT2D eigenvalue weighted by molar-refractivity contribution is 0.305. The molecule has 0 saturated heterocycles. The highest BCUT2D eigenvalue weighted by molar-refractivity contribution is 5.30. The molecule has 2 heterocycles. The summed E-state index contributed by atoms with van der Waals surface area (Å²) < 4.78 is 10.4. The number of hydrogen-bond donors (Lipinski definition) is 1. The molecular weight excluding hydrogens is 258 g/mol. The minimum absolute atomic E-state index is 0.552. The first-order chi connectivity index (χ1) is 9.67. The zero-order valence-corrected chi connectivity index (χ0v) is 12.0. The van der Waals surface area contributed by atoms with Gasteiger partial charge in [-0.05, 0) is 13.3 Å². The van der Waals surface area contributed by atoms with Gasteiger partial charge >= 0.3 is 0 Å². The van der Waals surface area contributed by atoms with Crippen LogP contribution in [0.4, 0.5) is 5.95 Å². The summed E-state index contributed by atoms with van der Waals surface area (Å²) in [4.78, 5) is 12.7. The van der Waals surface area contributed by atoms with E-state index in [4.69, 9.17) is 9.26 Å². The second-order valence-electron chi connectivity index (χ2n) is 4.43. The molecule has 2 aromatic heterocycles. The Labute approximate surface area is 117 Å². The molecule has 0 aromatic carbocycles. The SMILES string of the molecule is CCCOc1cc(C)nc(NCCc2noc(C)n2)n1. The average Bonchev–Trinajstić information content (AvgIpc) is 2.81. The lowest BCUT2D eigenvalue weighted by Gasteiger charge is -2.08. The van der Waals surface area contributed by atoms with Gasteiger partial charge in [0, 0.05) is 31.6 Å². The van der Waals surface area contributed by atoms with Gasteiger partial charge in [0.05, 0.1) is 6.61 Å². The quantitative estimate of drug-likeness (QED) is 0.827. The first-order valence-corrected chi connectivity index (χ1v) is 6.69. The molecule has 0 spiro atoms. The fraction of sp³-hybridized carbons (Fsp3) is 0.538. The second-order valence-corrected chi connectivity index (χ2v) is 4.43. The number of ether oxygens (including phenoxy) is 1. The third-order valence-corrected chi connectivity index (χ3v) is 2.49. The zero-order chi connectivity index (χ0) is 14.4. The first kappa shape index (κ1) is 14.2. The van der Waals surface area contributed by atoms with Crippen LogP contribution in [0.3, 0.4) is 0 Å². The lowest BCUT2D eigenvalue weighted by Crippen LogP contribution is -2.10. The van der Waals surface area contributed by atoms with Gasteiger partial charge in [-0.15, -0.1) is 0 Å². The van der Waals surface area contributed by atoms with E-state index in [0.29, 0.717) is 43.1 Å². The molecule has 108 valence electrons. The smallest absolute Gasteiger partial charge is 0.226 e. The monoisotopic (exact) mass is 277 g/mol. The van der Waals surface area contributed by atoms with Crippen LogP contribution in [0.25, 0.3) is 0 Å². The van der Waals surface area contributed by atoms with Crippen molar-refractivity contribution < 1.29 is 9.26 Å². The van der Waals surface area contributed by atoms with Crippen LogP contribution in [0.15, 0.2) is 10.6 Å². The third-order valence-electron chi connectivity index (χ3n) is 2.49. The van der Waals surface area contributed by atoms with E-state index in [1.807, 2.05) is 13.0 Å². The Morgan fingerprint density at radius 3 is 2.80 bits per heavy atom. The predicted molar refractivity (Wildman–Crippen MR) is 73.8 cm³/mol. The van der Waals surface area contributed by atoms with Crippen molar-refractivity contribution in [2.45, 2.75) is 33.6 Å². The first-order valence-electron chi connectivity index (χ1n) is 6.69. The maximum Gasteiger partial charge on any atom is 0.226 e. The Hall–Kier alpha value is -2.18. The standard InChI is InChI=1S/C13H19N5O2/c1-4-7-19-12-8-9(2)15-13(17-12)14-6-5-11-16-10(3)20-18-11/h8H,4-7H2,1-3H3,(H,14,15,17). The normalized spacial score (nSPS) is 10.6. The summed E-state index contributed by atoms with van der Waals surface area (Å²) in [7, 11) is 0. The number of nitrogens with one attached hydrogen (secondary N) is 1. The van der Waals surface area contributed by atoms with Gasteiger partial charge in [0.1, 0.15) is 0 Å². The maximum absolute atomic E-state index is 5.51. The third kappa shape index (κ3) is 4.18. The molecule has 0 saturated carbocycles. The van der Waals surface area contributed by atoms with Gasteiger partial charge in [-0.2, -0.15) is 9.97 Å². The molecule has 2 aromatic rings. The van der Waals surface area contributed by atoms with E-state index >= 15 is 0 Å². The second kappa shape index (κ2) is 6.83. The molecule has 0 aliphatic rings. The summed E-state index contributed by atoms with van der Waals surface area (Å²) in [6.07, 6.45) is 1.60.